The van der Waals surface area contributed by atoms with E-state index >= 15 is 0 Å². The minimum atomic E-state index is 0.191. The molecule has 2 heteroatoms. The summed E-state index contributed by atoms with van der Waals surface area (Å²) in [6.45, 7) is 1.11. The van der Waals surface area contributed by atoms with Gasteiger partial charge >= 0.3 is 0 Å². The molecule has 2 unspecified atom stereocenters. The third kappa shape index (κ3) is 2.06. The molecule has 0 bridgehead atoms. The lowest BCUT2D eigenvalue weighted by molar-refractivity contribution is -0.114. The molecule has 1 fully saturated rings. The van der Waals surface area contributed by atoms with Crippen molar-refractivity contribution in [1.82, 2.24) is 4.90 Å². The SMILES string of the molecule is O=CC1CCCCN1C1C=CCCC1. The summed E-state index contributed by atoms with van der Waals surface area (Å²) in [6, 6.07) is 0.732. The van der Waals surface area contributed by atoms with Crippen LogP contribution >= 0.6 is 0 Å². The van der Waals surface area contributed by atoms with Gasteiger partial charge in [-0.2, -0.15) is 0 Å². The summed E-state index contributed by atoms with van der Waals surface area (Å²) in [5, 5.41) is 0. The first-order chi connectivity index (χ1) is 6.92. The van der Waals surface area contributed by atoms with Crippen LogP contribution in [0.3, 0.4) is 0 Å². The summed E-state index contributed by atoms with van der Waals surface area (Å²) in [6.07, 6.45) is 13.0. The molecular formula is C12H19NO. The molecule has 0 N–H and O–H groups in total. The van der Waals surface area contributed by atoms with E-state index in [1.54, 1.807) is 0 Å². The van der Waals surface area contributed by atoms with Crippen molar-refractivity contribution in [2.45, 2.75) is 50.6 Å². The molecule has 2 rings (SSSR count). The Kier molecular flexibility index (Phi) is 3.35. The van der Waals surface area contributed by atoms with E-state index < -0.39 is 0 Å². The van der Waals surface area contributed by atoms with Gasteiger partial charge in [0.1, 0.15) is 6.29 Å². The maximum atomic E-state index is 10.9. The Labute approximate surface area is 86.0 Å². The van der Waals surface area contributed by atoms with E-state index in [2.05, 4.69) is 17.1 Å². The van der Waals surface area contributed by atoms with Gasteiger partial charge in [0, 0.05) is 6.04 Å². The van der Waals surface area contributed by atoms with E-state index in [0.717, 1.165) is 19.3 Å². The van der Waals surface area contributed by atoms with Crippen molar-refractivity contribution in [2.24, 2.45) is 0 Å². The average molecular weight is 193 g/mol. The van der Waals surface area contributed by atoms with Crippen molar-refractivity contribution in [3.8, 4) is 0 Å². The van der Waals surface area contributed by atoms with Crippen LogP contribution in [0.15, 0.2) is 12.2 Å². The van der Waals surface area contributed by atoms with Gasteiger partial charge in [-0.05, 0) is 38.6 Å². The molecule has 14 heavy (non-hydrogen) atoms. The Bertz CT molecular complexity index is 224. The summed E-state index contributed by atoms with van der Waals surface area (Å²) in [4.78, 5) is 13.3. The monoisotopic (exact) mass is 193 g/mol. The molecule has 1 heterocycles. The largest absolute Gasteiger partial charge is 0.302 e. The van der Waals surface area contributed by atoms with Gasteiger partial charge in [0.15, 0.2) is 0 Å². The van der Waals surface area contributed by atoms with Crippen LogP contribution in [-0.2, 0) is 4.79 Å². The molecule has 2 nitrogen and oxygen atoms in total. The third-order valence-electron chi connectivity index (χ3n) is 3.40. The van der Waals surface area contributed by atoms with Crippen LogP contribution in [0.4, 0.5) is 0 Å². The highest BCUT2D eigenvalue weighted by Crippen LogP contribution is 2.24. The van der Waals surface area contributed by atoms with Crippen molar-refractivity contribution in [3.05, 3.63) is 12.2 Å². The first-order valence-electron chi connectivity index (χ1n) is 5.79. The number of carbonyl (C=O) groups excluding carboxylic acids is 1. The average Bonchev–Trinajstić information content (AvgIpc) is 2.30. The fourth-order valence-corrected chi connectivity index (χ4v) is 2.61. The van der Waals surface area contributed by atoms with Gasteiger partial charge in [0.25, 0.3) is 0 Å². The van der Waals surface area contributed by atoms with E-state index in [-0.39, 0.29) is 6.04 Å². The molecule has 1 saturated heterocycles. The second-order valence-corrected chi connectivity index (χ2v) is 4.36. The molecule has 1 aliphatic carbocycles. The van der Waals surface area contributed by atoms with E-state index in [1.165, 1.54) is 32.1 Å². The summed E-state index contributed by atoms with van der Waals surface area (Å²) >= 11 is 0. The Morgan fingerprint density at radius 3 is 2.86 bits per heavy atom. The highest BCUT2D eigenvalue weighted by atomic mass is 16.1. The van der Waals surface area contributed by atoms with Crippen LogP contribution < -0.4 is 0 Å². The number of rotatable bonds is 2. The van der Waals surface area contributed by atoms with E-state index in [0.29, 0.717) is 6.04 Å². The van der Waals surface area contributed by atoms with Crippen molar-refractivity contribution in [2.75, 3.05) is 6.54 Å². The molecular weight excluding hydrogens is 174 g/mol. The Morgan fingerprint density at radius 2 is 2.14 bits per heavy atom. The molecule has 1 aliphatic heterocycles. The number of hydrogen-bond acceptors (Lipinski definition) is 2. The van der Waals surface area contributed by atoms with Crippen LogP contribution in [0.25, 0.3) is 0 Å². The van der Waals surface area contributed by atoms with Crippen LogP contribution in [0.5, 0.6) is 0 Å². The standard InChI is InChI=1S/C12H19NO/c14-10-12-8-4-5-9-13(12)11-6-2-1-3-7-11/h2,6,10-12H,1,3-5,7-9H2. The number of piperidine rings is 1. The van der Waals surface area contributed by atoms with Crippen LogP contribution in [-0.4, -0.2) is 29.8 Å². The summed E-state index contributed by atoms with van der Waals surface area (Å²) in [5.74, 6) is 0. The predicted molar refractivity (Wildman–Crippen MR) is 57.2 cm³/mol. The first-order valence-corrected chi connectivity index (χ1v) is 5.79. The van der Waals surface area contributed by atoms with Gasteiger partial charge in [-0.3, -0.25) is 4.90 Å². The number of likely N-dealkylation sites (tertiary alicyclic amines) is 1. The zero-order valence-electron chi connectivity index (χ0n) is 8.69. The Hall–Kier alpha value is -0.630. The molecule has 0 saturated carbocycles. The summed E-state index contributed by atoms with van der Waals surface area (Å²) < 4.78 is 0. The van der Waals surface area contributed by atoms with Gasteiger partial charge < -0.3 is 4.79 Å². The van der Waals surface area contributed by atoms with Gasteiger partial charge in [-0.1, -0.05) is 18.6 Å². The minimum absolute atomic E-state index is 0.191. The number of nitrogens with zero attached hydrogens (tertiary/aromatic N) is 1. The molecule has 0 aromatic rings. The molecule has 0 aromatic heterocycles. The van der Waals surface area contributed by atoms with Gasteiger partial charge in [0.05, 0.1) is 6.04 Å². The second kappa shape index (κ2) is 4.74. The van der Waals surface area contributed by atoms with Crippen molar-refractivity contribution in [3.63, 3.8) is 0 Å². The van der Waals surface area contributed by atoms with Gasteiger partial charge in [-0.15, -0.1) is 0 Å². The van der Waals surface area contributed by atoms with Gasteiger partial charge in [0.2, 0.25) is 0 Å². The van der Waals surface area contributed by atoms with E-state index in [1.807, 2.05) is 0 Å². The Balaban J connectivity index is 2.02. The molecule has 2 atom stereocenters. The number of allylic oxidation sites excluding steroid dienone is 1. The summed E-state index contributed by atoms with van der Waals surface area (Å²) in [5.41, 5.74) is 0. The number of hydrogen-bond donors (Lipinski definition) is 0. The van der Waals surface area contributed by atoms with Crippen molar-refractivity contribution in [1.29, 1.82) is 0 Å². The Morgan fingerprint density at radius 1 is 1.21 bits per heavy atom. The lowest BCUT2D eigenvalue weighted by atomic mass is 9.95. The highest BCUT2D eigenvalue weighted by molar-refractivity contribution is 5.57. The molecule has 2 aliphatic rings. The minimum Gasteiger partial charge on any atom is -0.302 e. The van der Waals surface area contributed by atoms with Crippen LogP contribution in [0, 0.1) is 0 Å². The normalized spacial score (nSPS) is 34.3. The second-order valence-electron chi connectivity index (χ2n) is 4.36. The topological polar surface area (TPSA) is 20.3 Å². The maximum absolute atomic E-state index is 10.9. The van der Waals surface area contributed by atoms with Crippen molar-refractivity contribution >= 4 is 6.29 Å². The van der Waals surface area contributed by atoms with Crippen LogP contribution in [0.2, 0.25) is 0 Å². The summed E-state index contributed by atoms with van der Waals surface area (Å²) in [7, 11) is 0. The smallest absolute Gasteiger partial charge is 0.137 e. The van der Waals surface area contributed by atoms with Crippen molar-refractivity contribution < 1.29 is 4.79 Å². The quantitative estimate of drug-likeness (QED) is 0.494. The van der Waals surface area contributed by atoms with Gasteiger partial charge in [-0.25, -0.2) is 0 Å². The molecule has 0 spiro atoms. The zero-order valence-corrected chi connectivity index (χ0v) is 8.69. The zero-order chi connectivity index (χ0) is 9.80. The number of aldehydes is 1. The lowest BCUT2D eigenvalue weighted by Crippen LogP contribution is -2.46. The van der Waals surface area contributed by atoms with E-state index in [4.69, 9.17) is 0 Å². The number of carbonyl (C=O) groups is 1. The molecule has 0 radical (unpaired) electrons. The molecule has 78 valence electrons. The predicted octanol–water partition coefficient (Wildman–Crippen LogP) is 2.15. The maximum Gasteiger partial charge on any atom is 0.137 e. The fourth-order valence-electron chi connectivity index (χ4n) is 2.61. The third-order valence-corrected chi connectivity index (χ3v) is 3.40. The highest BCUT2D eigenvalue weighted by Gasteiger charge is 2.27. The fraction of sp³-hybridized carbons (Fsp3) is 0.750. The van der Waals surface area contributed by atoms with Crippen LogP contribution in [0.1, 0.15) is 38.5 Å². The molecule has 0 aromatic carbocycles. The first kappa shape index (κ1) is 9.91. The molecule has 0 amide bonds. The van der Waals surface area contributed by atoms with E-state index in [9.17, 15) is 4.79 Å². The lowest BCUT2D eigenvalue weighted by Gasteiger charge is -2.38.